The Balaban J connectivity index is 0.000000156. The molecule has 2 aliphatic carbocycles. The lowest BCUT2D eigenvalue weighted by atomic mass is 9.73. The van der Waals surface area contributed by atoms with Crippen molar-refractivity contribution >= 4 is 21.5 Å². The van der Waals surface area contributed by atoms with E-state index in [9.17, 15) is 0 Å². The molecule has 3 heteroatoms. The van der Waals surface area contributed by atoms with Gasteiger partial charge in [0.15, 0.2) is 0 Å². The maximum Gasteiger partial charge on any atom is 0.119 e. The third-order valence-electron chi connectivity index (χ3n) is 17.6. The summed E-state index contributed by atoms with van der Waals surface area (Å²) in [4.78, 5) is 2.80. The summed E-state index contributed by atoms with van der Waals surface area (Å²) in [6.45, 7) is 7.68. The highest BCUT2D eigenvalue weighted by Crippen LogP contribution is 2.54. The second-order valence-electron chi connectivity index (χ2n) is 22.0. The van der Waals surface area contributed by atoms with Crippen LogP contribution in [-0.2, 0) is 6.54 Å². The molecule has 2 heterocycles. The van der Waals surface area contributed by atoms with E-state index in [0.29, 0.717) is 11.8 Å². The molecule has 372 valence electrons. The van der Waals surface area contributed by atoms with Crippen molar-refractivity contribution in [2.75, 3.05) is 7.11 Å². The second kappa shape index (κ2) is 21.2. The Labute approximate surface area is 440 Å². The van der Waals surface area contributed by atoms with Crippen molar-refractivity contribution < 1.29 is 4.74 Å². The number of hydrogen-bond donors (Lipinski definition) is 1. The minimum absolute atomic E-state index is 0.135. The van der Waals surface area contributed by atoms with Crippen molar-refractivity contribution in [1.82, 2.24) is 10.2 Å². The van der Waals surface area contributed by atoms with Crippen LogP contribution in [-0.4, -0.2) is 12.0 Å². The first-order chi connectivity index (χ1) is 36.4. The number of hydrogen-bond acceptors (Lipinski definition) is 3. The van der Waals surface area contributed by atoms with E-state index in [0.717, 1.165) is 12.3 Å². The van der Waals surface area contributed by atoms with Crippen LogP contribution in [0.25, 0.3) is 21.5 Å². The van der Waals surface area contributed by atoms with E-state index in [-0.39, 0.29) is 24.2 Å². The second-order valence-corrected chi connectivity index (χ2v) is 22.0. The molecular weight excluding hydrogens is 897 g/mol. The predicted octanol–water partition coefficient (Wildman–Crippen LogP) is 18.2. The first kappa shape index (κ1) is 48.2. The monoisotopic (exact) mass is 969 g/mol. The molecule has 2 saturated carbocycles. The zero-order valence-corrected chi connectivity index (χ0v) is 44.0. The first-order valence-corrected chi connectivity index (χ1v) is 27.9. The van der Waals surface area contributed by atoms with Gasteiger partial charge in [-0.3, -0.25) is 10.2 Å². The number of nitrogens with zero attached hydrogens (tertiary/aromatic N) is 1. The number of ether oxygens (including phenoxy) is 1. The summed E-state index contributed by atoms with van der Waals surface area (Å²) in [6, 6.07) is 70.9. The van der Waals surface area contributed by atoms with E-state index in [2.05, 4.69) is 219 Å². The number of benzene rings is 9. The molecule has 2 aliphatic heterocycles. The molecule has 2 fully saturated rings. The fraction of sp³-hybridized carbons (Fsp3) is 0.296. The molecule has 4 aliphatic rings. The minimum atomic E-state index is 0.135. The fourth-order valence-electron chi connectivity index (χ4n) is 14.0. The average molecular weight is 969 g/mol. The zero-order valence-electron chi connectivity index (χ0n) is 44.0. The number of methoxy groups -OCH3 is 1. The maximum absolute atomic E-state index is 5.59. The van der Waals surface area contributed by atoms with E-state index in [1.807, 2.05) is 0 Å². The highest BCUT2D eigenvalue weighted by molar-refractivity contribution is 5.95. The summed E-state index contributed by atoms with van der Waals surface area (Å²) in [5, 5.41) is 9.85. The number of rotatable bonds is 9. The molecule has 74 heavy (non-hydrogen) atoms. The van der Waals surface area contributed by atoms with Crippen molar-refractivity contribution in [2.24, 2.45) is 0 Å². The Morgan fingerprint density at radius 3 is 1.35 bits per heavy atom. The molecular formula is C71H72N2O. The fourth-order valence-corrected chi connectivity index (χ4v) is 14.0. The van der Waals surface area contributed by atoms with E-state index >= 15 is 0 Å². The van der Waals surface area contributed by atoms with Crippen molar-refractivity contribution in [3.63, 3.8) is 0 Å². The van der Waals surface area contributed by atoms with Crippen molar-refractivity contribution in [2.45, 2.75) is 128 Å². The third kappa shape index (κ3) is 9.07. The van der Waals surface area contributed by atoms with Gasteiger partial charge in [-0.1, -0.05) is 214 Å². The maximum atomic E-state index is 5.59. The van der Waals surface area contributed by atoms with Gasteiger partial charge in [-0.25, -0.2) is 0 Å². The summed E-state index contributed by atoms with van der Waals surface area (Å²) < 4.78 is 5.59. The van der Waals surface area contributed by atoms with Gasteiger partial charge in [0.05, 0.1) is 31.3 Å². The minimum Gasteiger partial charge on any atom is -0.497 e. The van der Waals surface area contributed by atoms with E-state index in [1.54, 1.807) is 23.8 Å². The van der Waals surface area contributed by atoms with E-state index in [4.69, 9.17) is 4.74 Å². The van der Waals surface area contributed by atoms with Gasteiger partial charge in [-0.05, 0) is 170 Å². The normalized spacial score (nSPS) is 20.0. The summed E-state index contributed by atoms with van der Waals surface area (Å²) in [5.74, 6) is 2.22. The van der Waals surface area contributed by atoms with Gasteiger partial charge in [0, 0.05) is 6.54 Å². The molecule has 13 rings (SSSR count). The van der Waals surface area contributed by atoms with Gasteiger partial charge in [-0.2, -0.15) is 0 Å². The molecule has 0 saturated heterocycles. The van der Waals surface area contributed by atoms with Crippen LogP contribution in [0.3, 0.4) is 0 Å². The lowest BCUT2D eigenvalue weighted by Crippen LogP contribution is -2.38. The molecule has 9 aromatic carbocycles. The largest absolute Gasteiger partial charge is 0.497 e. The molecule has 0 bridgehead atoms. The Bertz CT molecular complexity index is 3390. The molecule has 9 aromatic rings. The van der Waals surface area contributed by atoms with Crippen LogP contribution in [0.15, 0.2) is 188 Å². The first-order valence-electron chi connectivity index (χ1n) is 27.9. The van der Waals surface area contributed by atoms with Crippen molar-refractivity contribution in [3.05, 3.63) is 266 Å². The third-order valence-corrected chi connectivity index (χ3v) is 17.6. The quantitative estimate of drug-likeness (QED) is 0.156. The van der Waals surface area contributed by atoms with Crippen LogP contribution in [0, 0.1) is 20.8 Å². The van der Waals surface area contributed by atoms with Crippen LogP contribution in [0.1, 0.15) is 178 Å². The number of nitrogens with one attached hydrogen (secondary N) is 1. The molecule has 0 radical (unpaired) electrons. The topological polar surface area (TPSA) is 24.5 Å². The summed E-state index contributed by atoms with van der Waals surface area (Å²) in [6.07, 6.45) is 13.4. The zero-order chi connectivity index (χ0) is 50.1. The standard InChI is InChI=1S/C40H41NO.C31H31N/c1-27-19-20-30-22-24-35(29-13-7-4-8-14-29)38-37(30)36(27)39(31-15-9-5-10-16-31)41(40(38)32-17-11-6-12-18-32)26-33-21-23-34(42-3)25-28(33)2;1-21-17-18-23-19-20-26(22-11-5-2-6-12-22)29-28(23)27(21)30(24-13-7-3-8-14-24)32-31(29)25-15-9-4-10-16-25/h5-6,9-12,15-25,29,39-40H,4,7-8,13-14,26H2,1-3H3;3-4,7-10,13-20,22,30-32H,2,5-6,11-12H2,1H3/t39-,40+;30-,31+/m11/s1. The van der Waals surface area contributed by atoms with Crippen molar-refractivity contribution in [3.8, 4) is 5.75 Å². The molecule has 3 nitrogen and oxygen atoms in total. The summed E-state index contributed by atoms with van der Waals surface area (Å²) >= 11 is 0. The Kier molecular flexibility index (Phi) is 13.8. The lowest BCUT2D eigenvalue weighted by molar-refractivity contribution is 0.164. The van der Waals surface area contributed by atoms with Crippen molar-refractivity contribution in [1.29, 1.82) is 0 Å². The Hall–Kier alpha value is -6.78. The van der Waals surface area contributed by atoms with Crippen LogP contribution < -0.4 is 10.1 Å². The number of aryl methyl sites for hydroxylation is 3. The highest BCUT2D eigenvalue weighted by Gasteiger charge is 2.41. The van der Waals surface area contributed by atoms with Gasteiger partial charge < -0.3 is 4.74 Å². The molecule has 4 atom stereocenters. The average Bonchev–Trinajstić information content (AvgIpc) is 3.48. The summed E-state index contributed by atoms with van der Waals surface area (Å²) in [7, 11) is 1.75. The Morgan fingerprint density at radius 2 is 0.851 bits per heavy atom. The van der Waals surface area contributed by atoms with E-state index < -0.39 is 0 Å². The van der Waals surface area contributed by atoms with Gasteiger partial charge in [0.25, 0.3) is 0 Å². The molecule has 0 aromatic heterocycles. The van der Waals surface area contributed by atoms with Crippen LogP contribution in [0.5, 0.6) is 5.75 Å². The molecule has 0 spiro atoms. The Morgan fingerprint density at radius 1 is 0.419 bits per heavy atom. The molecule has 0 amide bonds. The van der Waals surface area contributed by atoms with Gasteiger partial charge in [-0.15, -0.1) is 0 Å². The van der Waals surface area contributed by atoms with Gasteiger partial charge in [0.2, 0.25) is 0 Å². The molecule has 1 N–H and O–H groups in total. The summed E-state index contributed by atoms with van der Waals surface area (Å²) in [5.41, 5.74) is 20.0. The molecule has 0 unspecified atom stereocenters. The van der Waals surface area contributed by atoms with Crippen LogP contribution in [0.2, 0.25) is 0 Å². The lowest BCUT2D eigenvalue weighted by Gasteiger charge is -2.46. The van der Waals surface area contributed by atoms with E-state index in [1.165, 1.54) is 147 Å². The highest BCUT2D eigenvalue weighted by atomic mass is 16.5. The predicted molar refractivity (Wildman–Crippen MR) is 309 cm³/mol. The van der Waals surface area contributed by atoms with Gasteiger partial charge >= 0.3 is 0 Å². The van der Waals surface area contributed by atoms with Gasteiger partial charge in [0.1, 0.15) is 5.75 Å². The van der Waals surface area contributed by atoms with Crippen LogP contribution in [0.4, 0.5) is 0 Å². The van der Waals surface area contributed by atoms with Crippen LogP contribution >= 0.6 is 0 Å². The SMILES string of the molecule is COc1ccc(CN2[C@H](c3ccccc3)c3c(C)ccc4ccc(C5CCCCC5)c(c34)[C@@H]2c2ccccc2)c(C)c1.Cc1ccc2ccc(C3CCCCC3)c3c2c1[C@@H](c1ccccc1)N[C@H]3c1ccccc1. The smallest absolute Gasteiger partial charge is 0.119 e.